The van der Waals surface area contributed by atoms with Gasteiger partial charge in [0.05, 0.1) is 6.04 Å². The maximum atomic E-state index is 11.3. The Labute approximate surface area is 79.0 Å². The third-order valence-corrected chi connectivity index (χ3v) is 3.32. The van der Waals surface area contributed by atoms with Crippen molar-refractivity contribution in [2.75, 3.05) is 13.2 Å². The van der Waals surface area contributed by atoms with Crippen LogP contribution in [-0.2, 0) is 4.74 Å². The van der Waals surface area contributed by atoms with Gasteiger partial charge in [-0.1, -0.05) is 13.8 Å². The molecule has 2 aliphatic heterocycles. The zero-order chi connectivity index (χ0) is 9.42. The molecule has 3 nitrogen and oxygen atoms in total. The second kappa shape index (κ2) is 3.20. The van der Waals surface area contributed by atoms with Crippen LogP contribution in [0.1, 0.15) is 26.7 Å². The molecule has 0 saturated carbocycles. The number of ether oxygens (including phenoxy) is 1. The van der Waals surface area contributed by atoms with Crippen molar-refractivity contribution < 1.29 is 9.53 Å². The van der Waals surface area contributed by atoms with Crippen LogP contribution < -0.4 is 0 Å². The molecule has 0 aromatic carbocycles. The molecule has 1 amide bonds. The van der Waals surface area contributed by atoms with E-state index in [0.717, 1.165) is 13.0 Å². The molecule has 0 N–H and O–H groups in total. The van der Waals surface area contributed by atoms with Gasteiger partial charge in [-0.25, -0.2) is 4.79 Å². The van der Waals surface area contributed by atoms with Gasteiger partial charge in [0.2, 0.25) is 0 Å². The Bertz CT molecular complexity index is 215. The monoisotopic (exact) mass is 183 g/mol. The normalized spacial score (nSPS) is 33.5. The van der Waals surface area contributed by atoms with Crippen LogP contribution in [0.4, 0.5) is 4.79 Å². The fourth-order valence-corrected chi connectivity index (χ4v) is 2.25. The molecule has 0 aromatic rings. The van der Waals surface area contributed by atoms with E-state index in [2.05, 4.69) is 13.8 Å². The molecule has 74 valence electrons. The minimum absolute atomic E-state index is 0.102. The summed E-state index contributed by atoms with van der Waals surface area (Å²) in [7, 11) is 0. The smallest absolute Gasteiger partial charge is 0.410 e. The molecule has 0 radical (unpaired) electrons. The highest BCUT2D eigenvalue weighted by atomic mass is 16.6. The Morgan fingerprint density at radius 2 is 2.23 bits per heavy atom. The third kappa shape index (κ3) is 1.52. The molecule has 2 atom stereocenters. The predicted octanol–water partition coefficient (Wildman–Crippen LogP) is 1.87. The molecule has 2 fully saturated rings. The van der Waals surface area contributed by atoms with E-state index in [0.29, 0.717) is 24.5 Å². The lowest BCUT2D eigenvalue weighted by Gasteiger charge is -2.34. The van der Waals surface area contributed by atoms with Crippen molar-refractivity contribution in [1.82, 2.24) is 4.90 Å². The van der Waals surface area contributed by atoms with Gasteiger partial charge in [-0.15, -0.1) is 0 Å². The summed E-state index contributed by atoms with van der Waals surface area (Å²) in [4.78, 5) is 13.2. The topological polar surface area (TPSA) is 29.5 Å². The Morgan fingerprint density at radius 3 is 2.92 bits per heavy atom. The number of carbonyl (C=O) groups is 1. The Balaban J connectivity index is 2.01. The standard InChI is InChI=1S/C10H17NO2/c1-7(2)8-3-4-9-6-13-10(12)11(9)5-8/h7-9H,3-6H2,1-2H3. The van der Waals surface area contributed by atoms with Crippen LogP contribution in [0.5, 0.6) is 0 Å². The molecule has 2 unspecified atom stereocenters. The fraction of sp³-hybridized carbons (Fsp3) is 0.900. The molecule has 2 heterocycles. The van der Waals surface area contributed by atoms with Gasteiger partial charge in [0.25, 0.3) is 0 Å². The summed E-state index contributed by atoms with van der Waals surface area (Å²) in [5, 5.41) is 0. The largest absolute Gasteiger partial charge is 0.447 e. The lowest BCUT2D eigenvalue weighted by molar-refractivity contribution is 0.129. The lowest BCUT2D eigenvalue weighted by Crippen LogP contribution is -2.43. The van der Waals surface area contributed by atoms with E-state index >= 15 is 0 Å². The highest BCUT2D eigenvalue weighted by molar-refractivity contribution is 5.70. The summed E-state index contributed by atoms with van der Waals surface area (Å²) in [6, 6.07) is 0.377. The summed E-state index contributed by atoms with van der Waals surface area (Å²) in [5.74, 6) is 1.34. The van der Waals surface area contributed by atoms with Crippen LogP contribution in [0.3, 0.4) is 0 Å². The Morgan fingerprint density at radius 1 is 1.46 bits per heavy atom. The van der Waals surface area contributed by atoms with Crippen LogP contribution in [0, 0.1) is 11.8 Å². The average molecular weight is 183 g/mol. The van der Waals surface area contributed by atoms with Crippen LogP contribution in [0.15, 0.2) is 0 Å². The molecule has 3 heteroatoms. The summed E-state index contributed by atoms with van der Waals surface area (Å²) in [6.45, 7) is 5.98. The Kier molecular flexibility index (Phi) is 2.18. The average Bonchev–Trinajstić information content (AvgIpc) is 2.47. The molecule has 0 aromatic heterocycles. The summed E-state index contributed by atoms with van der Waals surface area (Å²) >= 11 is 0. The number of hydrogen-bond donors (Lipinski definition) is 0. The second-order valence-corrected chi connectivity index (χ2v) is 4.46. The first-order valence-corrected chi connectivity index (χ1v) is 5.12. The molecule has 0 aliphatic carbocycles. The lowest BCUT2D eigenvalue weighted by atomic mass is 9.86. The van der Waals surface area contributed by atoms with Gasteiger partial charge in [0, 0.05) is 6.54 Å². The van der Waals surface area contributed by atoms with Crippen molar-refractivity contribution in [3.05, 3.63) is 0 Å². The second-order valence-electron chi connectivity index (χ2n) is 4.46. The van der Waals surface area contributed by atoms with E-state index < -0.39 is 0 Å². The van der Waals surface area contributed by atoms with Crippen molar-refractivity contribution in [2.45, 2.75) is 32.7 Å². The number of fused-ring (bicyclic) bond motifs is 1. The van der Waals surface area contributed by atoms with Crippen molar-refractivity contribution >= 4 is 6.09 Å². The zero-order valence-electron chi connectivity index (χ0n) is 8.32. The van der Waals surface area contributed by atoms with E-state index in [1.54, 1.807) is 0 Å². The van der Waals surface area contributed by atoms with E-state index in [-0.39, 0.29) is 6.09 Å². The molecular weight excluding hydrogens is 166 g/mol. The predicted molar refractivity (Wildman–Crippen MR) is 49.4 cm³/mol. The number of nitrogens with zero attached hydrogens (tertiary/aromatic N) is 1. The highest BCUT2D eigenvalue weighted by Gasteiger charge is 2.38. The van der Waals surface area contributed by atoms with Crippen molar-refractivity contribution in [2.24, 2.45) is 11.8 Å². The quantitative estimate of drug-likeness (QED) is 0.621. The number of cyclic esters (lactones) is 1. The third-order valence-electron chi connectivity index (χ3n) is 3.32. The Hall–Kier alpha value is -0.730. The van der Waals surface area contributed by atoms with Gasteiger partial charge in [-0.2, -0.15) is 0 Å². The van der Waals surface area contributed by atoms with Gasteiger partial charge in [0.1, 0.15) is 6.61 Å². The number of amides is 1. The molecule has 2 rings (SSSR count). The van der Waals surface area contributed by atoms with E-state index in [1.807, 2.05) is 4.90 Å². The number of rotatable bonds is 1. The number of hydrogen-bond acceptors (Lipinski definition) is 2. The molecule has 13 heavy (non-hydrogen) atoms. The SMILES string of the molecule is CC(C)C1CCC2COC(=O)N2C1. The first kappa shape index (κ1) is 8.85. The van der Waals surface area contributed by atoms with Crippen LogP contribution >= 0.6 is 0 Å². The number of carbonyl (C=O) groups excluding carboxylic acids is 1. The molecule has 2 aliphatic rings. The maximum Gasteiger partial charge on any atom is 0.410 e. The van der Waals surface area contributed by atoms with Crippen molar-refractivity contribution in [3.63, 3.8) is 0 Å². The van der Waals surface area contributed by atoms with E-state index in [9.17, 15) is 4.79 Å². The van der Waals surface area contributed by atoms with Crippen LogP contribution in [0.25, 0.3) is 0 Å². The molecule has 2 saturated heterocycles. The first-order valence-electron chi connectivity index (χ1n) is 5.12. The van der Waals surface area contributed by atoms with Gasteiger partial charge in [-0.05, 0) is 24.7 Å². The summed E-state index contributed by atoms with van der Waals surface area (Å²) in [6.07, 6.45) is 2.26. The zero-order valence-corrected chi connectivity index (χ0v) is 8.32. The molecule has 0 spiro atoms. The van der Waals surface area contributed by atoms with E-state index in [1.165, 1.54) is 6.42 Å². The highest BCUT2D eigenvalue weighted by Crippen LogP contribution is 2.30. The molecule has 0 bridgehead atoms. The molecular formula is C10H17NO2. The van der Waals surface area contributed by atoms with Gasteiger partial charge < -0.3 is 9.64 Å². The van der Waals surface area contributed by atoms with Gasteiger partial charge in [0.15, 0.2) is 0 Å². The minimum atomic E-state index is -0.102. The van der Waals surface area contributed by atoms with Crippen molar-refractivity contribution in [3.8, 4) is 0 Å². The first-order chi connectivity index (χ1) is 6.18. The van der Waals surface area contributed by atoms with E-state index in [4.69, 9.17) is 4.74 Å². The van der Waals surface area contributed by atoms with Gasteiger partial charge >= 0.3 is 6.09 Å². The van der Waals surface area contributed by atoms with Crippen molar-refractivity contribution in [1.29, 1.82) is 0 Å². The fourth-order valence-electron chi connectivity index (χ4n) is 2.25. The summed E-state index contributed by atoms with van der Waals surface area (Å²) < 4.78 is 5.01. The summed E-state index contributed by atoms with van der Waals surface area (Å²) in [5.41, 5.74) is 0. The van der Waals surface area contributed by atoms with Gasteiger partial charge in [-0.3, -0.25) is 0 Å². The van der Waals surface area contributed by atoms with Crippen LogP contribution in [0.2, 0.25) is 0 Å². The minimum Gasteiger partial charge on any atom is -0.447 e. The maximum absolute atomic E-state index is 11.3. The number of piperidine rings is 1. The van der Waals surface area contributed by atoms with Crippen LogP contribution in [-0.4, -0.2) is 30.2 Å².